The third kappa shape index (κ3) is 3.68. The van der Waals surface area contributed by atoms with Crippen LogP contribution in [-0.2, 0) is 4.79 Å². The molecule has 8 heteroatoms. The summed E-state index contributed by atoms with van der Waals surface area (Å²) in [5.74, 6) is -0.141. The highest BCUT2D eigenvalue weighted by atomic mass is 16.6. The zero-order valence-corrected chi connectivity index (χ0v) is 12.2. The van der Waals surface area contributed by atoms with Gasteiger partial charge in [0.05, 0.1) is 23.7 Å². The molecular weight excluding hydrogens is 280 g/mol. The molecule has 0 bridgehead atoms. The van der Waals surface area contributed by atoms with E-state index in [0.29, 0.717) is 6.29 Å². The Morgan fingerprint density at radius 1 is 1.38 bits per heavy atom. The number of hydrogen-bond donors (Lipinski definition) is 0. The monoisotopic (exact) mass is 296 g/mol. The van der Waals surface area contributed by atoms with E-state index in [9.17, 15) is 19.7 Å². The average molecular weight is 296 g/mol. The lowest BCUT2D eigenvalue weighted by Crippen LogP contribution is -2.35. The van der Waals surface area contributed by atoms with Crippen LogP contribution in [-0.4, -0.2) is 49.3 Å². The predicted molar refractivity (Wildman–Crippen MR) is 73.8 cm³/mol. The van der Waals surface area contributed by atoms with Gasteiger partial charge in [0.2, 0.25) is 0 Å². The molecule has 21 heavy (non-hydrogen) atoms. The van der Waals surface area contributed by atoms with Crippen LogP contribution >= 0.6 is 0 Å². The Kier molecular flexibility index (Phi) is 5.23. The van der Waals surface area contributed by atoms with Crippen LogP contribution in [0.4, 0.5) is 5.69 Å². The van der Waals surface area contributed by atoms with Gasteiger partial charge >= 0.3 is 0 Å². The second-order valence-corrected chi connectivity index (χ2v) is 4.43. The fraction of sp³-hybridized carbons (Fsp3) is 0.385. The Bertz CT molecular complexity index is 570. The molecule has 1 rings (SSSR count). The first kappa shape index (κ1) is 16.4. The molecule has 0 heterocycles. The first-order chi connectivity index (χ1) is 9.81. The lowest BCUT2D eigenvalue weighted by molar-refractivity contribution is -0.385. The second-order valence-electron chi connectivity index (χ2n) is 4.43. The van der Waals surface area contributed by atoms with Crippen molar-refractivity contribution in [3.8, 4) is 11.5 Å². The van der Waals surface area contributed by atoms with Gasteiger partial charge in [-0.1, -0.05) is 0 Å². The maximum absolute atomic E-state index is 11.8. The van der Waals surface area contributed by atoms with E-state index in [1.807, 2.05) is 0 Å². The highest BCUT2D eigenvalue weighted by Gasteiger charge is 2.23. The van der Waals surface area contributed by atoms with Gasteiger partial charge in [0.25, 0.3) is 11.6 Å². The van der Waals surface area contributed by atoms with E-state index in [2.05, 4.69) is 0 Å². The Labute approximate surface area is 121 Å². The van der Waals surface area contributed by atoms with Gasteiger partial charge in [-0.2, -0.15) is 0 Å². The van der Waals surface area contributed by atoms with Crippen molar-refractivity contribution >= 4 is 17.9 Å². The van der Waals surface area contributed by atoms with Crippen molar-refractivity contribution in [1.82, 2.24) is 4.90 Å². The third-order valence-electron chi connectivity index (χ3n) is 2.73. The minimum atomic E-state index is -0.851. The van der Waals surface area contributed by atoms with Gasteiger partial charge in [-0.05, 0) is 6.92 Å². The van der Waals surface area contributed by atoms with E-state index in [1.54, 1.807) is 14.1 Å². The number of aldehydes is 1. The number of benzene rings is 1. The summed E-state index contributed by atoms with van der Waals surface area (Å²) >= 11 is 0. The molecule has 0 aliphatic heterocycles. The number of likely N-dealkylation sites (N-methyl/N-ethyl adjacent to an activating group) is 1. The van der Waals surface area contributed by atoms with Crippen LogP contribution in [0.3, 0.4) is 0 Å². The number of methoxy groups -OCH3 is 1. The number of rotatable bonds is 6. The van der Waals surface area contributed by atoms with Crippen LogP contribution in [0.2, 0.25) is 0 Å². The predicted octanol–water partition coefficient (Wildman–Crippen LogP) is 1.27. The molecule has 0 aliphatic rings. The van der Waals surface area contributed by atoms with Gasteiger partial charge in [0, 0.05) is 20.2 Å². The van der Waals surface area contributed by atoms with E-state index in [1.165, 1.54) is 25.0 Å². The van der Waals surface area contributed by atoms with Gasteiger partial charge < -0.3 is 14.4 Å². The number of hydrogen-bond acceptors (Lipinski definition) is 6. The van der Waals surface area contributed by atoms with E-state index >= 15 is 0 Å². The molecule has 1 unspecified atom stereocenters. The molecule has 0 spiro atoms. The van der Waals surface area contributed by atoms with E-state index in [4.69, 9.17) is 9.47 Å². The van der Waals surface area contributed by atoms with Crippen LogP contribution in [0.15, 0.2) is 12.1 Å². The average Bonchev–Trinajstić information content (AvgIpc) is 2.45. The molecule has 0 saturated heterocycles. The maximum atomic E-state index is 11.8. The highest BCUT2D eigenvalue weighted by Crippen LogP contribution is 2.34. The molecule has 0 N–H and O–H groups in total. The van der Waals surface area contributed by atoms with Crippen LogP contribution in [0.25, 0.3) is 0 Å². The SMILES string of the molecule is COc1cc(C=O)c([N+](=O)[O-])cc1OC(C)C(=O)N(C)C. The first-order valence-electron chi connectivity index (χ1n) is 6.01. The number of amides is 1. The van der Waals surface area contributed by atoms with Crippen molar-refractivity contribution in [2.45, 2.75) is 13.0 Å². The Hall–Kier alpha value is -2.64. The fourth-order valence-corrected chi connectivity index (χ4v) is 1.67. The van der Waals surface area contributed by atoms with Crippen LogP contribution in [0.1, 0.15) is 17.3 Å². The van der Waals surface area contributed by atoms with Gasteiger partial charge in [0.15, 0.2) is 23.9 Å². The first-order valence-corrected chi connectivity index (χ1v) is 6.01. The largest absolute Gasteiger partial charge is 0.493 e. The van der Waals surface area contributed by atoms with Crippen molar-refractivity contribution in [3.63, 3.8) is 0 Å². The highest BCUT2D eigenvalue weighted by molar-refractivity contribution is 5.84. The summed E-state index contributed by atoms with van der Waals surface area (Å²) in [6.45, 7) is 1.52. The van der Waals surface area contributed by atoms with Crippen molar-refractivity contribution < 1.29 is 24.0 Å². The number of carbonyl (C=O) groups is 2. The summed E-state index contributed by atoms with van der Waals surface area (Å²) in [5.41, 5.74) is -0.541. The lowest BCUT2D eigenvalue weighted by Gasteiger charge is -2.19. The quantitative estimate of drug-likeness (QED) is 0.445. The molecule has 0 aromatic heterocycles. The van der Waals surface area contributed by atoms with Gasteiger partial charge in [0.1, 0.15) is 0 Å². The van der Waals surface area contributed by atoms with Crippen LogP contribution in [0, 0.1) is 10.1 Å². The van der Waals surface area contributed by atoms with Gasteiger partial charge in [-0.3, -0.25) is 19.7 Å². The van der Waals surface area contributed by atoms with Gasteiger partial charge in [-0.15, -0.1) is 0 Å². The number of nitrogens with zero attached hydrogens (tertiary/aromatic N) is 2. The standard InChI is InChI=1S/C13H16N2O6/c1-8(13(17)14(2)3)21-12-6-10(15(18)19)9(7-16)5-11(12)20-4/h5-8H,1-4H3. The van der Waals surface area contributed by atoms with Gasteiger partial charge in [-0.25, -0.2) is 0 Å². The minimum absolute atomic E-state index is 0.0255. The van der Waals surface area contributed by atoms with Crippen LogP contribution in [0.5, 0.6) is 11.5 Å². The summed E-state index contributed by atoms with van der Waals surface area (Å²) in [7, 11) is 4.47. The van der Waals surface area contributed by atoms with Crippen molar-refractivity contribution in [2.75, 3.05) is 21.2 Å². The Balaban J connectivity index is 3.22. The zero-order chi connectivity index (χ0) is 16.2. The third-order valence-corrected chi connectivity index (χ3v) is 2.73. The fourth-order valence-electron chi connectivity index (χ4n) is 1.67. The molecule has 1 atom stereocenters. The molecule has 8 nitrogen and oxygen atoms in total. The van der Waals surface area contributed by atoms with E-state index in [-0.39, 0.29) is 23.0 Å². The topological polar surface area (TPSA) is 99.0 Å². The van der Waals surface area contributed by atoms with Crippen molar-refractivity contribution in [2.24, 2.45) is 0 Å². The molecular formula is C13H16N2O6. The summed E-state index contributed by atoms with van der Waals surface area (Å²) in [5, 5.41) is 10.9. The Morgan fingerprint density at radius 2 is 2.00 bits per heavy atom. The molecule has 114 valence electrons. The van der Waals surface area contributed by atoms with Crippen LogP contribution < -0.4 is 9.47 Å². The molecule has 0 fully saturated rings. The summed E-state index contributed by atoms with van der Waals surface area (Å²) in [6.07, 6.45) is -0.491. The lowest BCUT2D eigenvalue weighted by atomic mass is 10.1. The normalized spacial score (nSPS) is 11.4. The summed E-state index contributed by atoms with van der Waals surface area (Å²) < 4.78 is 10.4. The van der Waals surface area contributed by atoms with E-state index < -0.39 is 16.7 Å². The summed E-state index contributed by atoms with van der Waals surface area (Å²) in [4.78, 5) is 34.2. The van der Waals surface area contributed by atoms with Crippen molar-refractivity contribution in [1.29, 1.82) is 0 Å². The molecule has 1 aromatic carbocycles. The Morgan fingerprint density at radius 3 is 2.43 bits per heavy atom. The number of ether oxygens (including phenoxy) is 2. The number of nitro benzene ring substituents is 1. The maximum Gasteiger partial charge on any atom is 0.283 e. The number of carbonyl (C=O) groups excluding carboxylic acids is 2. The molecule has 0 saturated carbocycles. The second kappa shape index (κ2) is 6.69. The van der Waals surface area contributed by atoms with Crippen molar-refractivity contribution in [3.05, 3.63) is 27.8 Å². The molecule has 1 aromatic rings. The molecule has 0 radical (unpaired) electrons. The van der Waals surface area contributed by atoms with E-state index in [0.717, 1.165) is 6.07 Å². The minimum Gasteiger partial charge on any atom is -0.493 e. The zero-order valence-electron chi connectivity index (χ0n) is 12.2. The summed E-state index contributed by atoms with van der Waals surface area (Å²) in [6, 6.07) is 2.27. The smallest absolute Gasteiger partial charge is 0.283 e. The molecule has 0 aliphatic carbocycles. The number of nitro groups is 1. The molecule has 1 amide bonds.